The number of amides is 1. The Morgan fingerprint density at radius 3 is 2.90 bits per heavy atom. The molecule has 1 fully saturated rings. The van der Waals surface area contributed by atoms with Crippen molar-refractivity contribution in [2.45, 2.75) is 13.5 Å². The molecule has 6 nitrogen and oxygen atoms in total. The fourth-order valence-electron chi connectivity index (χ4n) is 2.02. The molecule has 1 aromatic rings. The number of hydrogen-bond donors (Lipinski definition) is 2. The summed E-state index contributed by atoms with van der Waals surface area (Å²) in [6, 6.07) is 7.60. The van der Waals surface area contributed by atoms with E-state index < -0.39 is 0 Å². The maximum Gasteiger partial charge on any atom is 0.221 e. The molecule has 108 valence electrons. The SMILES string of the molecule is CC(=O)Nc1cccc(CN=C(N)N2CCOCC2)c1. The lowest BCUT2D eigenvalue weighted by Crippen LogP contribution is -2.44. The Morgan fingerprint density at radius 1 is 1.45 bits per heavy atom. The standard InChI is InChI=1S/C14H20N4O2/c1-11(19)17-13-4-2-3-12(9-13)10-16-14(15)18-5-7-20-8-6-18/h2-4,9H,5-8,10H2,1H3,(H2,15,16)(H,17,19). The van der Waals surface area contributed by atoms with Crippen LogP contribution in [0.25, 0.3) is 0 Å². The van der Waals surface area contributed by atoms with E-state index in [1.54, 1.807) is 0 Å². The van der Waals surface area contributed by atoms with Crippen molar-refractivity contribution in [2.75, 3.05) is 31.6 Å². The van der Waals surface area contributed by atoms with Crippen LogP contribution in [0.1, 0.15) is 12.5 Å². The van der Waals surface area contributed by atoms with E-state index in [9.17, 15) is 4.79 Å². The Bertz CT molecular complexity index is 496. The molecule has 6 heteroatoms. The number of ether oxygens (including phenoxy) is 1. The first kappa shape index (κ1) is 14.3. The van der Waals surface area contributed by atoms with Gasteiger partial charge in [0, 0.05) is 25.7 Å². The van der Waals surface area contributed by atoms with E-state index in [1.165, 1.54) is 6.92 Å². The van der Waals surface area contributed by atoms with Crippen LogP contribution in [-0.4, -0.2) is 43.1 Å². The molecule has 0 unspecified atom stereocenters. The van der Waals surface area contributed by atoms with E-state index in [4.69, 9.17) is 10.5 Å². The summed E-state index contributed by atoms with van der Waals surface area (Å²) < 4.78 is 5.27. The van der Waals surface area contributed by atoms with E-state index in [2.05, 4.69) is 10.3 Å². The number of nitrogens with one attached hydrogen (secondary N) is 1. The van der Waals surface area contributed by atoms with Gasteiger partial charge in [0.25, 0.3) is 0 Å². The van der Waals surface area contributed by atoms with Gasteiger partial charge >= 0.3 is 0 Å². The number of carbonyl (C=O) groups excluding carboxylic acids is 1. The number of carbonyl (C=O) groups is 1. The van der Waals surface area contributed by atoms with Crippen LogP contribution in [0.3, 0.4) is 0 Å². The average molecular weight is 276 g/mol. The molecule has 1 heterocycles. The highest BCUT2D eigenvalue weighted by Gasteiger charge is 2.11. The number of guanidine groups is 1. The zero-order valence-corrected chi connectivity index (χ0v) is 11.6. The summed E-state index contributed by atoms with van der Waals surface area (Å²) in [5, 5.41) is 2.75. The smallest absolute Gasteiger partial charge is 0.221 e. The van der Waals surface area contributed by atoms with Crippen molar-refractivity contribution in [2.24, 2.45) is 10.7 Å². The van der Waals surface area contributed by atoms with Crippen molar-refractivity contribution in [3.63, 3.8) is 0 Å². The minimum atomic E-state index is -0.0847. The summed E-state index contributed by atoms with van der Waals surface area (Å²) >= 11 is 0. The van der Waals surface area contributed by atoms with Crippen LogP contribution in [0.5, 0.6) is 0 Å². The van der Waals surface area contributed by atoms with Gasteiger partial charge in [-0.25, -0.2) is 4.99 Å². The lowest BCUT2D eigenvalue weighted by Gasteiger charge is -2.27. The van der Waals surface area contributed by atoms with Gasteiger partial charge in [-0.3, -0.25) is 4.79 Å². The monoisotopic (exact) mass is 276 g/mol. The molecule has 0 aromatic heterocycles. The molecule has 0 aliphatic carbocycles. The third-order valence-corrected chi connectivity index (χ3v) is 3.01. The first-order valence-electron chi connectivity index (χ1n) is 6.64. The Kier molecular flexibility index (Phi) is 4.95. The zero-order chi connectivity index (χ0) is 14.4. The molecule has 0 atom stereocenters. The predicted molar refractivity (Wildman–Crippen MR) is 78.5 cm³/mol. The van der Waals surface area contributed by atoms with Gasteiger partial charge in [-0.1, -0.05) is 12.1 Å². The Morgan fingerprint density at radius 2 is 2.20 bits per heavy atom. The largest absolute Gasteiger partial charge is 0.378 e. The van der Waals surface area contributed by atoms with Gasteiger partial charge < -0.3 is 20.7 Å². The summed E-state index contributed by atoms with van der Waals surface area (Å²) in [7, 11) is 0. The lowest BCUT2D eigenvalue weighted by atomic mass is 10.2. The van der Waals surface area contributed by atoms with Gasteiger partial charge in [-0.15, -0.1) is 0 Å². The summed E-state index contributed by atoms with van der Waals surface area (Å²) in [6.07, 6.45) is 0. The highest BCUT2D eigenvalue weighted by Crippen LogP contribution is 2.11. The van der Waals surface area contributed by atoms with Crippen molar-refractivity contribution >= 4 is 17.6 Å². The van der Waals surface area contributed by atoms with Crippen molar-refractivity contribution in [1.82, 2.24) is 4.90 Å². The van der Waals surface area contributed by atoms with Crippen LogP contribution in [0.2, 0.25) is 0 Å². The van der Waals surface area contributed by atoms with Crippen LogP contribution in [0, 0.1) is 0 Å². The van der Waals surface area contributed by atoms with Gasteiger partial charge in [0.1, 0.15) is 0 Å². The molecule has 2 rings (SSSR count). The van der Waals surface area contributed by atoms with E-state index in [-0.39, 0.29) is 5.91 Å². The zero-order valence-electron chi connectivity index (χ0n) is 11.6. The number of rotatable bonds is 3. The molecule has 1 saturated heterocycles. The number of benzene rings is 1. The summed E-state index contributed by atoms with van der Waals surface area (Å²) in [6.45, 7) is 4.92. The topological polar surface area (TPSA) is 80.0 Å². The van der Waals surface area contributed by atoms with Crippen LogP contribution in [0.4, 0.5) is 5.69 Å². The number of nitrogens with two attached hydrogens (primary N) is 1. The van der Waals surface area contributed by atoms with Gasteiger partial charge in [0.15, 0.2) is 5.96 Å². The first-order chi connectivity index (χ1) is 9.65. The Hall–Kier alpha value is -2.08. The highest BCUT2D eigenvalue weighted by molar-refractivity contribution is 5.88. The number of aliphatic imine (C=N–C) groups is 1. The molecule has 3 N–H and O–H groups in total. The molecule has 1 aromatic carbocycles. The van der Waals surface area contributed by atoms with E-state index in [1.807, 2.05) is 29.2 Å². The average Bonchev–Trinajstić information content (AvgIpc) is 2.45. The fraction of sp³-hybridized carbons (Fsp3) is 0.429. The van der Waals surface area contributed by atoms with E-state index in [0.29, 0.717) is 25.7 Å². The van der Waals surface area contributed by atoms with Crippen LogP contribution >= 0.6 is 0 Å². The molecule has 1 amide bonds. The van der Waals surface area contributed by atoms with Gasteiger partial charge in [-0.05, 0) is 17.7 Å². The van der Waals surface area contributed by atoms with Crippen LogP contribution in [-0.2, 0) is 16.1 Å². The molecule has 0 saturated carbocycles. The predicted octanol–water partition coefficient (Wildman–Crippen LogP) is 0.792. The minimum Gasteiger partial charge on any atom is -0.378 e. The van der Waals surface area contributed by atoms with Crippen molar-refractivity contribution in [3.05, 3.63) is 29.8 Å². The van der Waals surface area contributed by atoms with Crippen molar-refractivity contribution in [3.8, 4) is 0 Å². The molecule has 0 radical (unpaired) electrons. The molecule has 0 bridgehead atoms. The fourth-order valence-corrected chi connectivity index (χ4v) is 2.02. The maximum atomic E-state index is 11.0. The van der Waals surface area contributed by atoms with Crippen LogP contribution < -0.4 is 11.1 Å². The normalized spacial score (nSPS) is 16.1. The summed E-state index contributed by atoms with van der Waals surface area (Å²) in [5.41, 5.74) is 7.75. The minimum absolute atomic E-state index is 0.0847. The Balaban J connectivity index is 1.96. The number of anilines is 1. The quantitative estimate of drug-likeness (QED) is 0.632. The second-order valence-corrected chi connectivity index (χ2v) is 4.66. The highest BCUT2D eigenvalue weighted by atomic mass is 16.5. The Labute approximate surface area is 118 Å². The second kappa shape index (κ2) is 6.91. The number of morpholine rings is 1. The number of hydrogen-bond acceptors (Lipinski definition) is 3. The van der Waals surface area contributed by atoms with Crippen LogP contribution in [0.15, 0.2) is 29.3 Å². The number of nitrogens with zero attached hydrogens (tertiary/aromatic N) is 2. The lowest BCUT2D eigenvalue weighted by molar-refractivity contribution is -0.114. The molecule has 0 spiro atoms. The summed E-state index contributed by atoms with van der Waals surface area (Å²) in [4.78, 5) is 17.4. The van der Waals surface area contributed by atoms with E-state index in [0.717, 1.165) is 24.3 Å². The second-order valence-electron chi connectivity index (χ2n) is 4.66. The van der Waals surface area contributed by atoms with Gasteiger partial charge in [-0.2, -0.15) is 0 Å². The van der Waals surface area contributed by atoms with Crippen molar-refractivity contribution < 1.29 is 9.53 Å². The molecular formula is C14H20N4O2. The van der Waals surface area contributed by atoms with Crippen molar-refractivity contribution in [1.29, 1.82) is 0 Å². The summed E-state index contributed by atoms with van der Waals surface area (Å²) in [5.74, 6) is 0.455. The van der Waals surface area contributed by atoms with Gasteiger partial charge in [0.05, 0.1) is 19.8 Å². The van der Waals surface area contributed by atoms with E-state index >= 15 is 0 Å². The molecular weight excluding hydrogens is 256 g/mol. The molecule has 1 aliphatic rings. The first-order valence-corrected chi connectivity index (χ1v) is 6.64. The third-order valence-electron chi connectivity index (χ3n) is 3.01. The third kappa shape index (κ3) is 4.24. The molecule has 1 aliphatic heterocycles. The molecule has 20 heavy (non-hydrogen) atoms. The van der Waals surface area contributed by atoms with Gasteiger partial charge in [0.2, 0.25) is 5.91 Å². The maximum absolute atomic E-state index is 11.0.